The number of aryl methyl sites for hydroxylation is 1. The van der Waals surface area contributed by atoms with Gasteiger partial charge in [-0.15, -0.1) is 0 Å². The van der Waals surface area contributed by atoms with Gasteiger partial charge >= 0.3 is 0 Å². The molecule has 7 nitrogen and oxygen atoms in total. The Bertz CT molecular complexity index is 1080. The molecule has 3 rings (SSSR count). The van der Waals surface area contributed by atoms with Crippen molar-refractivity contribution in [3.8, 4) is 0 Å². The maximum atomic E-state index is 12.6. The van der Waals surface area contributed by atoms with Gasteiger partial charge in [-0.3, -0.25) is 4.79 Å². The molecule has 2 heterocycles. The number of fused-ring (bicyclic) bond motifs is 1. The summed E-state index contributed by atoms with van der Waals surface area (Å²) in [6, 6.07) is 4.66. The minimum Gasteiger partial charge on any atom is -0.359 e. The smallest absolute Gasteiger partial charge is 0.256 e. The summed E-state index contributed by atoms with van der Waals surface area (Å²) in [5.41, 5.74) is 6.03. The predicted octanol–water partition coefficient (Wildman–Crippen LogP) is 2.53. The zero-order valence-electron chi connectivity index (χ0n) is 17.5. The number of carbonyl (C=O) groups is 1. The molecule has 1 aromatic heterocycles. The molecule has 0 atom stereocenters. The monoisotopic (exact) mass is 416 g/mol. The average Bonchev–Trinajstić information content (AvgIpc) is 3.12. The number of hydrogen-bond acceptors (Lipinski definition) is 4. The van der Waals surface area contributed by atoms with Crippen molar-refractivity contribution in [3.05, 3.63) is 46.3 Å². The normalized spacial score (nSPS) is 15.2. The maximum Gasteiger partial charge on any atom is 0.256 e. The van der Waals surface area contributed by atoms with E-state index in [0.29, 0.717) is 16.8 Å². The van der Waals surface area contributed by atoms with Gasteiger partial charge in [-0.25, -0.2) is 13.1 Å². The fraction of sp³-hybridized carbons (Fsp3) is 0.381. The number of aromatic nitrogens is 1. The summed E-state index contributed by atoms with van der Waals surface area (Å²) in [6.07, 6.45) is 3.74. The molecule has 3 N–H and O–H groups in total. The lowest BCUT2D eigenvalue weighted by atomic mass is 10.0. The molecule has 0 saturated heterocycles. The van der Waals surface area contributed by atoms with Crippen LogP contribution in [0.2, 0.25) is 0 Å². The minimum absolute atomic E-state index is 0.131. The van der Waals surface area contributed by atoms with Gasteiger partial charge in [-0.2, -0.15) is 0 Å². The van der Waals surface area contributed by atoms with Crippen molar-refractivity contribution < 1.29 is 13.2 Å². The zero-order valence-corrected chi connectivity index (χ0v) is 18.3. The third-order valence-corrected chi connectivity index (χ3v) is 6.75. The third-order valence-electron chi connectivity index (χ3n) is 5.34. The lowest BCUT2D eigenvalue weighted by Crippen LogP contribution is -2.18. The van der Waals surface area contributed by atoms with Crippen molar-refractivity contribution in [1.82, 2.24) is 14.6 Å². The van der Waals surface area contributed by atoms with Gasteiger partial charge in [0.2, 0.25) is 10.0 Å². The molecule has 1 aromatic carbocycles. The van der Waals surface area contributed by atoms with E-state index in [9.17, 15) is 13.2 Å². The first-order valence-corrected chi connectivity index (χ1v) is 11.1. The van der Waals surface area contributed by atoms with Crippen molar-refractivity contribution >= 4 is 33.3 Å². The lowest BCUT2D eigenvalue weighted by molar-refractivity contribution is -0.110. The van der Waals surface area contributed by atoms with Crippen molar-refractivity contribution in [1.29, 1.82) is 0 Å². The molecule has 0 fully saturated rings. The molecule has 1 aliphatic rings. The van der Waals surface area contributed by atoms with Crippen LogP contribution in [-0.4, -0.2) is 51.9 Å². The second-order valence-electron chi connectivity index (χ2n) is 7.60. The Hall–Kier alpha value is -2.42. The van der Waals surface area contributed by atoms with Gasteiger partial charge in [0.15, 0.2) is 0 Å². The first-order chi connectivity index (χ1) is 13.6. The molecule has 8 heteroatoms. The summed E-state index contributed by atoms with van der Waals surface area (Å²) >= 11 is 0. The van der Waals surface area contributed by atoms with Crippen molar-refractivity contribution in [3.63, 3.8) is 0 Å². The Morgan fingerprint density at radius 3 is 2.59 bits per heavy atom. The number of benzene rings is 1. The van der Waals surface area contributed by atoms with Crippen molar-refractivity contribution in [2.24, 2.45) is 0 Å². The van der Waals surface area contributed by atoms with Crippen LogP contribution in [-0.2, 0) is 21.2 Å². The van der Waals surface area contributed by atoms with Gasteiger partial charge in [0.05, 0.1) is 10.5 Å². The molecule has 0 spiro atoms. The molecule has 1 amide bonds. The number of H-pyrrole nitrogens is 1. The first-order valence-electron chi connectivity index (χ1n) is 9.58. The molecule has 1 aliphatic heterocycles. The van der Waals surface area contributed by atoms with E-state index in [1.165, 1.54) is 24.2 Å². The summed E-state index contributed by atoms with van der Waals surface area (Å²) in [4.78, 5) is 18.3. The number of amides is 1. The summed E-state index contributed by atoms with van der Waals surface area (Å²) < 4.78 is 26.7. The summed E-state index contributed by atoms with van der Waals surface area (Å²) in [6.45, 7) is 5.08. The number of nitrogens with one attached hydrogen (secondary N) is 3. The fourth-order valence-corrected chi connectivity index (χ4v) is 4.31. The second-order valence-corrected chi connectivity index (χ2v) is 9.49. The van der Waals surface area contributed by atoms with Crippen molar-refractivity contribution in [2.45, 2.75) is 31.6 Å². The lowest BCUT2D eigenvalue weighted by Gasteiger charge is -2.10. The van der Waals surface area contributed by atoms with Crippen LogP contribution in [0.15, 0.2) is 23.1 Å². The van der Waals surface area contributed by atoms with Crippen LogP contribution in [0.5, 0.6) is 0 Å². The minimum atomic E-state index is -3.59. The van der Waals surface area contributed by atoms with E-state index in [0.717, 1.165) is 30.8 Å². The number of aromatic amines is 1. The van der Waals surface area contributed by atoms with E-state index in [4.69, 9.17) is 0 Å². The van der Waals surface area contributed by atoms with Crippen LogP contribution in [0.4, 0.5) is 5.69 Å². The SMILES string of the molecule is CNS(=O)(=O)c1ccc2c(c1)C(=Cc1[nH]c(C)c(C)c1CCCN(C)C)C(=O)N2. The Labute approximate surface area is 172 Å². The molecule has 0 aliphatic carbocycles. The van der Waals surface area contributed by atoms with Crippen LogP contribution in [0.1, 0.15) is 34.5 Å². The van der Waals surface area contributed by atoms with E-state index in [-0.39, 0.29) is 10.8 Å². The van der Waals surface area contributed by atoms with Crippen LogP contribution >= 0.6 is 0 Å². The largest absolute Gasteiger partial charge is 0.359 e. The topological polar surface area (TPSA) is 94.3 Å². The Morgan fingerprint density at radius 2 is 1.93 bits per heavy atom. The third kappa shape index (κ3) is 4.29. The van der Waals surface area contributed by atoms with Gasteiger partial charge in [0.25, 0.3) is 5.91 Å². The van der Waals surface area contributed by atoms with Crippen LogP contribution in [0.25, 0.3) is 11.6 Å². The number of sulfonamides is 1. The summed E-state index contributed by atoms with van der Waals surface area (Å²) in [7, 11) is 1.88. The van der Waals surface area contributed by atoms with Gasteiger partial charge in [-0.1, -0.05) is 0 Å². The van der Waals surface area contributed by atoms with E-state index in [1.54, 1.807) is 12.1 Å². The van der Waals surface area contributed by atoms with Gasteiger partial charge in [0, 0.05) is 22.6 Å². The maximum absolute atomic E-state index is 12.6. The highest BCUT2D eigenvalue weighted by molar-refractivity contribution is 7.89. The molecular weight excluding hydrogens is 388 g/mol. The summed E-state index contributed by atoms with van der Waals surface area (Å²) in [5.74, 6) is -0.233. The van der Waals surface area contributed by atoms with E-state index in [1.807, 2.05) is 13.0 Å². The molecule has 0 radical (unpaired) electrons. The van der Waals surface area contributed by atoms with E-state index >= 15 is 0 Å². The molecule has 2 aromatic rings. The quantitative estimate of drug-likeness (QED) is 0.605. The number of anilines is 1. The molecule has 29 heavy (non-hydrogen) atoms. The molecular formula is C21H28N4O3S. The van der Waals surface area contributed by atoms with E-state index in [2.05, 4.69) is 40.9 Å². The molecule has 0 bridgehead atoms. The van der Waals surface area contributed by atoms with Crippen LogP contribution in [0, 0.1) is 13.8 Å². The number of rotatable bonds is 7. The Balaban J connectivity index is 2.03. The standard InChI is InChI=1S/C21H28N4O3S/c1-13-14(2)23-20(16(13)7-6-10-25(4)5)12-18-17-11-15(29(27,28)22-3)8-9-19(17)24-21(18)26/h8-9,11-12,22-23H,6-7,10H2,1-5H3,(H,24,26). The number of carbonyl (C=O) groups excluding carboxylic acids is 1. The average molecular weight is 417 g/mol. The van der Waals surface area contributed by atoms with Gasteiger partial charge in [-0.05, 0) is 89.8 Å². The number of nitrogens with zero attached hydrogens (tertiary/aromatic N) is 1. The molecule has 156 valence electrons. The van der Waals surface area contributed by atoms with Gasteiger partial charge < -0.3 is 15.2 Å². The molecule has 0 unspecified atom stereocenters. The highest BCUT2D eigenvalue weighted by Crippen LogP contribution is 2.35. The van der Waals surface area contributed by atoms with E-state index < -0.39 is 10.0 Å². The first kappa shape index (κ1) is 21.3. The second kappa shape index (κ2) is 8.14. The van der Waals surface area contributed by atoms with Gasteiger partial charge in [0.1, 0.15) is 0 Å². The van der Waals surface area contributed by atoms with Crippen molar-refractivity contribution in [2.75, 3.05) is 33.0 Å². The van der Waals surface area contributed by atoms with Crippen LogP contribution in [0.3, 0.4) is 0 Å². The Morgan fingerprint density at radius 1 is 1.21 bits per heavy atom. The fourth-order valence-electron chi connectivity index (χ4n) is 3.56. The Kier molecular flexibility index (Phi) is 5.97. The highest BCUT2D eigenvalue weighted by Gasteiger charge is 2.27. The van der Waals surface area contributed by atoms with Crippen LogP contribution < -0.4 is 10.0 Å². The molecule has 0 saturated carbocycles. The highest BCUT2D eigenvalue weighted by atomic mass is 32.2. The summed E-state index contributed by atoms with van der Waals surface area (Å²) in [5, 5.41) is 2.82. The number of hydrogen-bond donors (Lipinski definition) is 3. The predicted molar refractivity (Wildman–Crippen MR) is 116 cm³/mol. The zero-order chi connectivity index (χ0) is 21.3.